The number of amides is 1. The molecule has 6 nitrogen and oxygen atoms in total. The first-order valence-electron chi connectivity index (χ1n) is 6.95. The minimum atomic E-state index is -3.42. The van der Waals surface area contributed by atoms with Gasteiger partial charge in [0.15, 0.2) is 0 Å². The van der Waals surface area contributed by atoms with E-state index < -0.39 is 10.0 Å². The summed E-state index contributed by atoms with van der Waals surface area (Å²) in [5, 5.41) is 6.18. The maximum Gasteiger partial charge on any atom is 0.253 e. The van der Waals surface area contributed by atoms with E-state index >= 15 is 0 Å². The molecule has 0 aromatic heterocycles. The number of hydrogen-bond acceptors (Lipinski definition) is 4. The van der Waals surface area contributed by atoms with Crippen LogP contribution in [0.5, 0.6) is 0 Å². The normalized spacial score (nSPS) is 18.2. The minimum Gasteiger partial charge on any atom is -0.348 e. The van der Waals surface area contributed by atoms with Crippen LogP contribution < -0.4 is 15.4 Å². The molecular formula is C14H22ClN3O3S. The van der Waals surface area contributed by atoms with Gasteiger partial charge in [0.05, 0.1) is 17.5 Å². The summed E-state index contributed by atoms with van der Waals surface area (Å²) >= 11 is 0. The van der Waals surface area contributed by atoms with Gasteiger partial charge in [0.25, 0.3) is 5.91 Å². The zero-order valence-corrected chi connectivity index (χ0v) is 14.3. The number of aryl methyl sites for hydroxylation is 1. The first-order chi connectivity index (χ1) is 9.85. The van der Waals surface area contributed by atoms with Crippen LogP contribution in [0.25, 0.3) is 0 Å². The van der Waals surface area contributed by atoms with Gasteiger partial charge in [0.1, 0.15) is 0 Å². The predicted molar refractivity (Wildman–Crippen MR) is 90.3 cm³/mol. The molecule has 124 valence electrons. The van der Waals surface area contributed by atoms with Crippen LogP contribution in [0.1, 0.15) is 28.8 Å². The van der Waals surface area contributed by atoms with Gasteiger partial charge in [-0.3, -0.25) is 9.52 Å². The molecule has 1 aliphatic heterocycles. The van der Waals surface area contributed by atoms with Gasteiger partial charge in [-0.25, -0.2) is 8.42 Å². The summed E-state index contributed by atoms with van der Waals surface area (Å²) in [6, 6.07) is 5.16. The Morgan fingerprint density at radius 1 is 1.36 bits per heavy atom. The van der Waals surface area contributed by atoms with Crippen molar-refractivity contribution >= 4 is 34.0 Å². The number of nitrogens with one attached hydrogen (secondary N) is 3. The molecule has 2 rings (SSSR count). The highest BCUT2D eigenvalue weighted by Crippen LogP contribution is 2.19. The highest BCUT2D eigenvalue weighted by Gasteiger charge is 2.19. The van der Waals surface area contributed by atoms with Crippen LogP contribution in [-0.4, -0.2) is 39.7 Å². The number of sulfonamides is 1. The Morgan fingerprint density at radius 3 is 2.68 bits per heavy atom. The zero-order chi connectivity index (χ0) is 15.5. The predicted octanol–water partition coefficient (Wildman–Crippen LogP) is 1.27. The topological polar surface area (TPSA) is 87.3 Å². The van der Waals surface area contributed by atoms with Gasteiger partial charge < -0.3 is 10.6 Å². The number of carbonyl (C=O) groups is 1. The van der Waals surface area contributed by atoms with Crippen molar-refractivity contribution in [3.8, 4) is 0 Å². The van der Waals surface area contributed by atoms with Crippen LogP contribution in [0.15, 0.2) is 18.2 Å². The molecule has 0 unspecified atom stereocenters. The summed E-state index contributed by atoms with van der Waals surface area (Å²) in [6.07, 6.45) is 3.02. The molecule has 0 aliphatic carbocycles. The molecule has 0 bridgehead atoms. The third-order valence-corrected chi connectivity index (χ3v) is 3.94. The first kappa shape index (κ1) is 18.7. The average Bonchev–Trinajstić information content (AvgIpc) is 2.40. The fourth-order valence-corrected chi connectivity index (χ4v) is 2.95. The number of rotatable bonds is 4. The monoisotopic (exact) mass is 347 g/mol. The number of piperidine rings is 1. The van der Waals surface area contributed by atoms with Gasteiger partial charge >= 0.3 is 0 Å². The number of benzene rings is 1. The van der Waals surface area contributed by atoms with E-state index in [0.29, 0.717) is 11.3 Å². The van der Waals surface area contributed by atoms with Crippen molar-refractivity contribution in [2.75, 3.05) is 24.1 Å². The van der Waals surface area contributed by atoms with Crippen LogP contribution in [0.4, 0.5) is 5.69 Å². The molecule has 1 aromatic rings. The van der Waals surface area contributed by atoms with Crippen molar-refractivity contribution in [2.45, 2.75) is 25.8 Å². The second-order valence-electron chi connectivity index (χ2n) is 5.44. The Morgan fingerprint density at radius 2 is 2.09 bits per heavy atom. The molecule has 1 aromatic carbocycles. The van der Waals surface area contributed by atoms with E-state index in [4.69, 9.17) is 0 Å². The summed E-state index contributed by atoms with van der Waals surface area (Å²) in [4.78, 5) is 12.4. The summed E-state index contributed by atoms with van der Waals surface area (Å²) in [7, 11) is -3.42. The molecule has 1 heterocycles. The first-order valence-corrected chi connectivity index (χ1v) is 8.84. The van der Waals surface area contributed by atoms with Crippen molar-refractivity contribution in [2.24, 2.45) is 0 Å². The molecule has 1 saturated heterocycles. The van der Waals surface area contributed by atoms with Crippen molar-refractivity contribution in [3.63, 3.8) is 0 Å². The number of carbonyl (C=O) groups excluding carboxylic acids is 1. The second-order valence-corrected chi connectivity index (χ2v) is 7.19. The third kappa shape index (κ3) is 5.47. The van der Waals surface area contributed by atoms with E-state index in [-0.39, 0.29) is 24.4 Å². The molecule has 3 N–H and O–H groups in total. The molecule has 1 atom stereocenters. The molecule has 0 saturated carbocycles. The lowest BCUT2D eigenvalue weighted by molar-refractivity contribution is 0.0931. The maximum absolute atomic E-state index is 12.4. The Bertz CT molecular complexity index is 628. The van der Waals surface area contributed by atoms with Gasteiger partial charge in [-0.15, -0.1) is 12.4 Å². The van der Waals surface area contributed by atoms with E-state index in [2.05, 4.69) is 15.4 Å². The molecule has 8 heteroatoms. The molecule has 1 fully saturated rings. The lowest BCUT2D eigenvalue weighted by Crippen LogP contribution is -2.45. The second kappa shape index (κ2) is 7.80. The Balaban J connectivity index is 0.00000242. The number of hydrogen-bond donors (Lipinski definition) is 3. The van der Waals surface area contributed by atoms with Crippen molar-refractivity contribution in [1.82, 2.24) is 10.6 Å². The van der Waals surface area contributed by atoms with Gasteiger partial charge in [0, 0.05) is 12.6 Å². The highest BCUT2D eigenvalue weighted by atomic mass is 35.5. The quantitative estimate of drug-likeness (QED) is 0.765. The Hall–Kier alpha value is -1.31. The van der Waals surface area contributed by atoms with Gasteiger partial charge in [-0.1, -0.05) is 11.6 Å². The van der Waals surface area contributed by atoms with Gasteiger partial charge in [-0.05, 0) is 38.4 Å². The maximum atomic E-state index is 12.4. The van der Waals surface area contributed by atoms with Crippen LogP contribution in [0.2, 0.25) is 0 Å². The smallest absolute Gasteiger partial charge is 0.253 e. The lowest BCUT2D eigenvalue weighted by Gasteiger charge is -2.24. The number of halogens is 1. The van der Waals surface area contributed by atoms with Crippen molar-refractivity contribution in [1.29, 1.82) is 0 Å². The molecule has 22 heavy (non-hydrogen) atoms. The fourth-order valence-electron chi connectivity index (χ4n) is 2.37. The SMILES string of the molecule is Cc1ccc(NS(C)(=O)=O)c(C(=O)N[C@H]2CCCNC2)c1.Cl. The van der Waals surface area contributed by atoms with Gasteiger partial charge in [-0.2, -0.15) is 0 Å². The molecule has 0 radical (unpaired) electrons. The molecule has 1 amide bonds. The highest BCUT2D eigenvalue weighted by molar-refractivity contribution is 7.92. The minimum absolute atomic E-state index is 0. The summed E-state index contributed by atoms with van der Waals surface area (Å²) in [6.45, 7) is 3.58. The van der Waals surface area contributed by atoms with Crippen LogP contribution in [0, 0.1) is 6.92 Å². The average molecular weight is 348 g/mol. The Labute approximate surface area is 137 Å². The van der Waals surface area contributed by atoms with Crippen molar-refractivity contribution in [3.05, 3.63) is 29.3 Å². The van der Waals surface area contributed by atoms with E-state index in [0.717, 1.165) is 37.8 Å². The molecule has 0 spiro atoms. The number of anilines is 1. The van der Waals surface area contributed by atoms with Gasteiger partial charge in [0.2, 0.25) is 10.0 Å². The van der Waals surface area contributed by atoms with Crippen LogP contribution in [0.3, 0.4) is 0 Å². The fraction of sp³-hybridized carbons (Fsp3) is 0.500. The summed E-state index contributed by atoms with van der Waals surface area (Å²) in [5.74, 6) is -0.251. The Kier molecular flexibility index (Phi) is 6.65. The molecular weight excluding hydrogens is 326 g/mol. The largest absolute Gasteiger partial charge is 0.348 e. The van der Waals surface area contributed by atoms with E-state index in [9.17, 15) is 13.2 Å². The van der Waals surface area contributed by atoms with E-state index in [1.165, 1.54) is 0 Å². The third-order valence-electron chi connectivity index (χ3n) is 3.35. The standard InChI is InChI=1S/C14H21N3O3S.ClH/c1-10-5-6-13(17-21(2,19)20)12(8-10)14(18)16-11-4-3-7-15-9-11;/h5-6,8,11,15,17H,3-4,7,9H2,1-2H3,(H,16,18);1H/t11-;/m0./s1. The molecule has 1 aliphatic rings. The zero-order valence-electron chi connectivity index (χ0n) is 12.7. The van der Waals surface area contributed by atoms with Crippen LogP contribution in [-0.2, 0) is 10.0 Å². The van der Waals surface area contributed by atoms with Crippen LogP contribution >= 0.6 is 12.4 Å². The summed E-state index contributed by atoms with van der Waals surface area (Å²) < 4.78 is 25.2. The summed E-state index contributed by atoms with van der Waals surface area (Å²) in [5.41, 5.74) is 1.57. The van der Waals surface area contributed by atoms with E-state index in [1.54, 1.807) is 18.2 Å². The van der Waals surface area contributed by atoms with Crippen molar-refractivity contribution < 1.29 is 13.2 Å². The van der Waals surface area contributed by atoms with E-state index in [1.807, 2.05) is 6.92 Å². The lowest BCUT2D eigenvalue weighted by atomic mass is 10.1.